The molecule has 0 aliphatic heterocycles. The van der Waals surface area contributed by atoms with Crippen molar-refractivity contribution in [3.8, 4) is 0 Å². The van der Waals surface area contributed by atoms with Gasteiger partial charge in [-0.05, 0) is 26.7 Å². The number of nitrogens with two attached hydrogens (primary N) is 1. The number of aromatic nitrogens is 2. The highest BCUT2D eigenvalue weighted by molar-refractivity contribution is 5.69. The first-order chi connectivity index (χ1) is 7.82. The quantitative estimate of drug-likeness (QED) is 0.811. The lowest BCUT2D eigenvalue weighted by Crippen LogP contribution is -2.24. The van der Waals surface area contributed by atoms with Gasteiger partial charge in [0.05, 0.1) is 17.1 Å². The average molecular weight is 239 g/mol. The van der Waals surface area contributed by atoms with Gasteiger partial charge < -0.3 is 10.5 Å². The Hall–Kier alpha value is -1.52. The van der Waals surface area contributed by atoms with E-state index < -0.39 is 0 Å². The van der Waals surface area contributed by atoms with Gasteiger partial charge >= 0.3 is 5.97 Å². The molecule has 96 valence electrons. The van der Waals surface area contributed by atoms with Gasteiger partial charge in [0.25, 0.3) is 0 Å². The summed E-state index contributed by atoms with van der Waals surface area (Å²) in [6.45, 7) is 9.69. The van der Waals surface area contributed by atoms with Crippen LogP contribution < -0.4 is 5.73 Å². The standard InChI is InChI=1S/C12H21N3O2/c1-7(2)10(5)17-11(16)6-15-9(4)12(13)8(3)14-15/h7,10H,6,13H2,1-5H3. The first kappa shape index (κ1) is 13.5. The van der Waals surface area contributed by atoms with E-state index in [1.807, 2.05) is 34.6 Å². The van der Waals surface area contributed by atoms with Crippen LogP contribution in [0.3, 0.4) is 0 Å². The lowest BCUT2D eigenvalue weighted by atomic mass is 10.1. The van der Waals surface area contributed by atoms with Crippen molar-refractivity contribution in [3.05, 3.63) is 11.4 Å². The van der Waals surface area contributed by atoms with Gasteiger partial charge in [-0.15, -0.1) is 0 Å². The van der Waals surface area contributed by atoms with Gasteiger partial charge in [0.2, 0.25) is 0 Å². The Morgan fingerprint density at radius 3 is 2.41 bits per heavy atom. The molecule has 1 unspecified atom stereocenters. The third kappa shape index (κ3) is 3.22. The van der Waals surface area contributed by atoms with E-state index in [0.717, 1.165) is 11.4 Å². The summed E-state index contributed by atoms with van der Waals surface area (Å²) >= 11 is 0. The monoisotopic (exact) mass is 239 g/mol. The fourth-order valence-electron chi connectivity index (χ4n) is 1.37. The Morgan fingerprint density at radius 1 is 1.41 bits per heavy atom. The second-order valence-electron chi connectivity index (χ2n) is 4.68. The maximum Gasteiger partial charge on any atom is 0.328 e. The molecule has 1 aromatic rings. The van der Waals surface area contributed by atoms with E-state index in [2.05, 4.69) is 5.10 Å². The number of aryl methyl sites for hydroxylation is 1. The second-order valence-corrected chi connectivity index (χ2v) is 4.68. The van der Waals surface area contributed by atoms with Crippen molar-refractivity contribution in [2.75, 3.05) is 5.73 Å². The maximum absolute atomic E-state index is 11.7. The number of anilines is 1. The predicted octanol–water partition coefficient (Wildman–Crippen LogP) is 1.67. The van der Waals surface area contributed by atoms with E-state index in [9.17, 15) is 4.79 Å². The fraction of sp³-hybridized carbons (Fsp3) is 0.667. The summed E-state index contributed by atoms with van der Waals surface area (Å²) in [5, 5.41) is 4.19. The molecule has 2 N–H and O–H groups in total. The Kier molecular flexibility index (Phi) is 4.15. The lowest BCUT2D eigenvalue weighted by Gasteiger charge is -2.16. The summed E-state index contributed by atoms with van der Waals surface area (Å²) in [6, 6.07) is 0. The maximum atomic E-state index is 11.7. The molecule has 0 aromatic carbocycles. The van der Waals surface area contributed by atoms with Crippen molar-refractivity contribution in [1.82, 2.24) is 9.78 Å². The van der Waals surface area contributed by atoms with E-state index in [0.29, 0.717) is 11.6 Å². The molecule has 0 aliphatic carbocycles. The molecule has 1 aromatic heterocycles. The van der Waals surface area contributed by atoms with Gasteiger partial charge in [-0.2, -0.15) is 5.10 Å². The molecule has 17 heavy (non-hydrogen) atoms. The van der Waals surface area contributed by atoms with Crippen LogP contribution >= 0.6 is 0 Å². The summed E-state index contributed by atoms with van der Waals surface area (Å²) < 4.78 is 6.86. The van der Waals surface area contributed by atoms with Crippen LogP contribution in [0.15, 0.2) is 0 Å². The number of carbonyl (C=O) groups excluding carboxylic acids is 1. The summed E-state index contributed by atoms with van der Waals surface area (Å²) in [6.07, 6.45) is -0.0863. The highest BCUT2D eigenvalue weighted by Crippen LogP contribution is 2.15. The topological polar surface area (TPSA) is 70.1 Å². The molecule has 0 saturated carbocycles. The molecule has 0 bridgehead atoms. The normalized spacial score (nSPS) is 12.8. The molecule has 5 nitrogen and oxygen atoms in total. The molecule has 0 radical (unpaired) electrons. The number of hydrogen-bond donors (Lipinski definition) is 1. The SMILES string of the molecule is Cc1nn(CC(=O)OC(C)C(C)C)c(C)c1N. The zero-order chi connectivity index (χ0) is 13.2. The van der Waals surface area contributed by atoms with E-state index in [4.69, 9.17) is 10.5 Å². The van der Waals surface area contributed by atoms with Crippen molar-refractivity contribution >= 4 is 11.7 Å². The zero-order valence-electron chi connectivity index (χ0n) is 11.2. The Bertz CT molecular complexity index is 410. The van der Waals surface area contributed by atoms with E-state index in [1.54, 1.807) is 4.68 Å². The van der Waals surface area contributed by atoms with Gasteiger partial charge in [0.1, 0.15) is 12.6 Å². The molecule has 0 amide bonds. The Labute approximate surface area is 102 Å². The van der Waals surface area contributed by atoms with Crippen LogP contribution in [0.4, 0.5) is 5.69 Å². The first-order valence-electron chi connectivity index (χ1n) is 5.82. The van der Waals surface area contributed by atoms with Crippen molar-refractivity contribution in [3.63, 3.8) is 0 Å². The smallest absolute Gasteiger partial charge is 0.328 e. The van der Waals surface area contributed by atoms with Crippen LogP contribution in [0.25, 0.3) is 0 Å². The van der Waals surface area contributed by atoms with Crippen molar-refractivity contribution in [2.24, 2.45) is 5.92 Å². The van der Waals surface area contributed by atoms with Crippen LogP contribution in [0, 0.1) is 19.8 Å². The van der Waals surface area contributed by atoms with E-state index in [1.165, 1.54) is 0 Å². The number of rotatable bonds is 4. The molecule has 0 saturated heterocycles. The van der Waals surface area contributed by atoms with E-state index in [-0.39, 0.29) is 18.6 Å². The summed E-state index contributed by atoms with van der Waals surface area (Å²) in [4.78, 5) is 11.7. The minimum Gasteiger partial charge on any atom is -0.461 e. The molecule has 1 heterocycles. The van der Waals surface area contributed by atoms with Gasteiger partial charge in [0.15, 0.2) is 0 Å². The van der Waals surface area contributed by atoms with Crippen molar-refractivity contribution in [1.29, 1.82) is 0 Å². The number of nitrogen functional groups attached to an aromatic ring is 1. The van der Waals surface area contributed by atoms with Crippen LogP contribution in [-0.2, 0) is 16.1 Å². The van der Waals surface area contributed by atoms with Gasteiger partial charge in [-0.1, -0.05) is 13.8 Å². The highest BCUT2D eigenvalue weighted by Gasteiger charge is 2.16. The minimum atomic E-state index is -0.281. The number of carbonyl (C=O) groups is 1. The Balaban J connectivity index is 2.65. The van der Waals surface area contributed by atoms with Gasteiger partial charge in [-0.25, -0.2) is 0 Å². The number of esters is 1. The van der Waals surface area contributed by atoms with Gasteiger partial charge in [-0.3, -0.25) is 9.48 Å². The zero-order valence-corrected chi connectivity index (χ0v) is 11.2. The molecule has 0 spiro atoms. The van der Waals surface area contributed by atoms with Gasteiger partial charge in [0, 0.05) is 0 Å². The average Bonchev–Trinajstić information content (AvgIpc) is 2.46. The molecule has 1 rings (SSSR count). The predicted molar refractivity (Wildman–Crippen MR) is 66.5 cm³/mol. The molecular formula is C12H21N3O2. The largest absolute Gasteiger partial charge is 0.461 e. The molecular weight excluding hydrogens is 218 g/mol. The lowest BCUT2D eigenvalue weighted by molar-refractivity contribution is -0.151. The van der Waals surface area contributed by atoms with Crippen LogP contribution in [0.5, 0.6) is 0 Å². The molecule has 0 fully saturated rings. The second kappa shape index (κ2) is 5.21. The van der Waals surface area contributed by atoms with Crippen molar-refractivity contribution in [2.45, 2.75) is 47.3 Å². The number of nitrogens with zero attached hydrogens (tertiary/aromatic N) is 2. The molecule has 1 atom stereocenters. The highest BCUT2D eigenvalue weighted by atomic mass is 16.5. The number of hydrogen-bond acceptors (Lipinski definition) is 4. The Morgan fingerprint density at radius 2 is 2.00 bits per heavy atom. The summed E-state index contributed by atoms with van der Waals surface area (Å²) in [7, 11) is 0. The molecule has 5 heteroatoms. The first-order valence-corrected chi connectivity index (χ1v) is 5.82. The van der Waals surface area contributed by atoms with Crippen LogP contribution in [-0.4, -0.2) is 21.9 Å². The third-order valence-electron chi connectivity index (χ3n) is 2.97. The third-order valence-corrected chi connectivity index (χ3v) is 2.97. The summed E-state index contributed by atoms with van der Waals surface area (Å²) in [5.74, 6) is 0.0290. The van der Waals surface area contributed by atoms with E-state index >= 15 is 0 Å². The van der Waals surface area contributed by atoms with Crippen molar-refractivity contribution < 1.29 is 9.53 Å². The number of ether oxygens (including phenoxy) is 1. The van der Waals surface area contributed by atoms with Crippen LogP contribution in [0.1, 0.15) is 32.2 Å². The van der Waals surface area contributed by atoms with Crippen LogP contribution in [0.2, 0.25) is 0 Å². The minimum absolute atomic E-state index is 0.0863. The fourth-order valence-corrected chi connectivity index (χ4v) is 1.37. The summed E-state index contributed by atoms with van der Waals surface area (Å²) in [5.41, 5.74) is 7.97. The molecule has 0 aliphatic rings.